The number of amides is 2. The molecule has 2 aliphatic rings. The summed E-state index contributed by atoms with van der Waals surface area (Å²) >= 11 is 0. The lowest BCUT2D eigenvalue weighted by molar-refractivity contribution is 0.245. The van der Waals surface area contributed by atoms with Crippen LogP contribution in [0.15, 0.2) is 6.20 Å². The van der Waals surface area contributed by atoms with Gasteiger partial charge in [-0.3, -0.25) is 4.90 Å². The molecule has 1 aliphatic carbocycles. The van der Waals surface area contributed by atoms with Gasteiger partial charge in [0.25, 0.3) is 0 Å². The Hall–Kier alpha value is -1.85. The molecule has 0 spiro atoms. The number of aromatic nitrogens is 2. The minimum Gasteiger partial charge on any atom is -0.351 e. The summed E-state index contributed by atoms with van der Waals surface area (Å²) in [7, 11) is 1.72. The third-order valence-corrected chi connectivity index (χ3v) is 3.33. The van der Waals surface area contributed by atoms with E-state index in [-0.39, 0.29) is 6.03 Å². The zero-order valence-corrected chi connectivity index (χ0v) is 9.73. The number of anilines is 2. The fourth-order valence-electron chi connectivity index (χ4n) is 2.00. The van der Waals surface area contributed by atoms with Crippen LogP contribution in [0.25, 0.3) is 0 Å². The topological polar surface area (TPSA) is 70.2 Å². The Kier molecular flexibility index (Phi) is 2.35. The smallest absolute Gasteiger partial charge is 0.323 e. The SMILES string of the molecule is CN1C(=O)NCc2cnc(NC3CCC3)nc21. The number of nitrogens with zero attached hydrogens (tertiary/aromatic N) is 3. The fourth-order valence-corrected chi connectivity index (χ4v) is 2.00. The van der Waals surface area contributed by atoms with E-state index in [2.05, 4.69) is 20.6 Å². The lowest BCUT2D eigenvalue weighted by atomic mass is 9.93. The molecule has 1 saturated carbocycles. The van der Waals surface area contributed by atoms with Crippen molar-refractivity contribution in [2.75, 3.05) is 17.3 Å². The van der Waals surface area contributed by atoms with Crippen LogP contribution in [-0.4, -0.2) is 29.1 Å². The van der Waals surface area contributed by atoms with Gasteiger partial charge in [0.1, 0.15) is 5.82 Å². The number of hydrogen-bond acceptors (Lipinski definition) is 4. The molecular weight excluding hydrogens is 218 g/mol. The monoisotopic (exact) mass is 233 g/mol. The number of urea groups is 1. The molecule has 3 rings (SSSR count). The third kappa shape index (κ3) is 1.79. The molecule has 0 atom stereocenters. The van der Waals surface area contributed by atoms with Crippen LogP contribution in [0.4, 0.5) is 16.6 Å². The van der Waals surface area contributed by atoms with Gasteiger partial charge in [0.05, 0.1) is 0 Å². The maximum atomic E-state index is 11.5. The number of nitrogens with one attached hydrogen (secondary N) is 2. The summed E-state index contributed by atoms with van der Waals surface area (Å²) in [5, 5.41) is 6.04. The van der Waals surface area contributed by atoms with Crippen LogP contribution in [0, 0.1) is 0 Å². The predicted octanol–water partition coefficient (Wildman–Crippen LogP) is 1.10. The van der Waals surface area contributed by atoms with Crippen LogP contribution in [0.1, 0.15) is 24.8 Å². The van der Waals surface area contributed by atoms with Crippen molar-refractivity contribution in [1.29, 1.82) is 0 Å². The maximum absolute atomic E-state index is 11.5. The molecule has 90 valence electrons. The van der Waals surface area contributed by atoms with Crippen molar-refractivity contribution < 1.29 is 4.79 Å². The fraction of sp³-hybridized carbons (Fsp3) is 0.545. The molecule has 1 aliphatic heterocycles. The molecule has 6 heteroatoms. The van der Waals surface area contributed by atoms with Crippen LogP contribution in [0.5, 0.6) is 0 Å². The summed E-state index contributed by atoms with van der Waals surface area (Å²) in [6, 6.07) is 0.376. The molecular formula is C11H15N5O. The summed E-state index contributed by atoms with van der Waals surface area (Å²) in [5.41, 5.74) is 0.950. The molecule has 0 unspecified atom stereocenters. The van der Waals surface area contributed by atoms with Gasteiger partial charge in [-0.1, -0.05) is 0 Å². The molecule has 2 heterocycles. The lowest BCUT2D eigenvalue weighted by Crippen LogP contribution is -2.42. The second kappa shape index (κ2) is 3.87. The third-order valence-electron chi connectivity index (χ3n) is 3.33. The molecule has 0 bridgehead atoms. The van der Waals surface area contributed by atoms with E-state index in [1.165, 1.54) is 24.2 Å². The van der Waals surface area contributed by atoms with Gasteiger partial charge >= 0.3 is 6.03 Å². The van der Waals surface area contributed by atoms with E-state index in [1.54, 1.807) is 13.2 Å². The highest BCUT2D eigenvalue weighted by atomic mass is 16.2. The lowest BCUT2D eigenvalue weighted by Gasteiger charge is -2.28. The summed E-state index contributed by atoms with van der Waals surface area (Å²) in [5.74, 6) is 1.32. The van der Waals surface area contributed by atoms with Gasteiger partial charge in [-0.25, -0.2) is 9.78 Å². The number of hydrogen-bond donors (Lipinski definition) is 2. The zero-order valence-electron chi connectivity index (χ0n) is 9.73. The Bertz CT molecular complexity index is 457. The predicted molar refractivity (Wildman–Crippen MR) is 63.9 cm³/mol. The van der Waals surface area contributed by atoms with E-state index in [0.717, 1.165) is 5.56 Å². The Morgan fingerprint density at radius 2 is 2.35 bits per heavy atom. The Balaban J connectivity index is 1.85. The van der Waals surface area contributed by atoms with E-state index < -0.39 is 0 Å². The highest BCUT2D eigenvalue weighted by molar-refractivity contribution is 5.93. The standard InChI is InChI=1S/C11H15N5O/c1-16-9-7(6-13-11(16)17)5-12-10(15-9)14-8-3-2-4-8/h5,8H,2-4,6H2,1H3,(H,13,17)(H,12,14,15). The minimum absolute atomic E-state index is 0.120. The normalized spacial score (nSPS) is 19.4. The van der Waals surface area contributed by atoms with Crippen molar-refractivity contribution >= 4 is 17.8 Å². The molecule has 2 amide bonds. The quantitative estimate of drug-likeness (QED) is 0.802. The largest absolute Gasteiger partial charge is 0.351 e. The first-order chi connectivity index (χ1) is 8.24. The van der Waals surface area contributed by atoms with E-state index in [1.807, 2.05) is 0 Å². The Morgan fingerprint density at radius 1 is 1.53 bits per heavy atom. The Labute approximate surface area is 99.4 Å². The molecule has 17 heavy (non-hydrogen) atoms. The molecule has 1 fully saturated rings. The first-order valence-electron chi connectivity index (χ1n) is 5.88. The highest BCUT2D eigenvalue weighted by Gasteiger charge is 2.24. The second-order valence-corrected chi connectivity index (χ2v) is 4.53. The van der Waals surface area contributed by atoms with Crippen molar-refractivity contribution in [2.24, 2.45) is 0 Å². The van der Waals surface area contributed by atoms with E-state index in [0.29, 0.717) is 24.4 Å². The van der Waals surface area contributed by atoms with E-state index in [9.17, 15) is 4.79 Å². The highest BCUT2D eigenvalue weighted by Crippen LogP contribution is 2.24. The van der Waals surface area contributed by atoms with Gasteiger partial charge in [0, 0.05) is 31.4 Å². The molecule has 2 N–H and O–H groups in total. The summed E-state index contributed by atoms with van der Waals surface area (Å²) in [6.07, 6.45) is 5.40. The summed E-state index contributed by atoms with van der Waals surface area (Å²) < 4.78 is 0. The first-order valence-corrected chi connectivity index (χ1v) is 5.88. The number of carbonyl (C=O) groups is 1. The minimum atomic E-state index is -0.120. The van der Waals surface area contributed by atoms with Gasteiger partial charge in [-0.2, -0.15) is 4.98 Å². The zero-order chi connectivity index (χ0) is 11.8. The average Bonchev–Trinajstić information content (AvgIpc) is 2.29. The second-order valence-electron chi connectivity index (χ2n) is 4.53. The van der Waals surface area contributed by atoms with Crippen molar-refractivity contribution in [3.8, 4) is 0 Å². The Morgan fingerprint density at radius 3 is 3.06 bits per heavy atom. The van der Waals surface area contributed by atoms with Crippen LogP contribution in [0.3, 0.4) is 0 Å². The van der Waals surface area contributed by atoms with Crippen molar-refractivity contribution in [2.45, 2.75) is 31.8 Å². The number of rotatable bonds is 2. The van der Waals surface area contributed by atoms with Gasteiger partial charge < -0.3 is 10.6 Å². The molecule has 0 aromatic carbocycles. The molecule has 0 saturated heterocycles. The first kappa shape index (κ1) is 10.3. The van der Waals surface area contributed by atoms with E-state index >= 15 is 0 Å². The van der Waals surface area contributed by atoms with Crippen LogP contribution >= 0.6 is 0 Å². The van der Waals surface area contributed by atoms with E-state index in [4.69, 9.17) is 0 Å². The van der Waals surface area contributed by atoms with Gasteiger partial charge in [0.2, 0.25) is 5.95 Å². The number of fused-ring (bicyclic) bond motifs is 1. The van der Waals surface area contributed by atoms with Crippen molar-refractivity contribution in [3.63, 3.8) is 0 Å². The van der Waals surface area contributed by atoms with Crippen LogP contribution in [-0.2, 0) is 6.54 Å². The maximum Gasteiger partial charge on any atom is 0.323 e. The van der Waals surface area contributed by atoms with Crippen molar-refractivity contribution in [3.05, 3.63) is 11.8 Å². The molecule has 1 aromatic heterocycles. The number of carbonyl (C=O) groups excluding carboxylic acids is 1. The molecule has 1 aromatic rings. The summed E-state index contributed by atoms with van der Waals surface area (Å²) in [4.78, 5) is 21.7. The molecule has 6 nitrogen and oxygen atoms in total. The summed E-state index contributed by atoms with van der Waals surface area (Å²) in [6.45, 7) is 0.502. The average molecular weight is 233 g/mol. The van der Waals surface area contributed by atoms with Crippen molar-refractivity contribution in [1.82, 2.24) is 15.3 Å². The van der Waals surface area contributed by atoms with Crippen LogP contribution in [0.2, 0.25) is 0 Å². The van der Waals surface area contributed by atoms with Gasteiger partial charge in [0.15, 0.2) is 0 Å². The van der Waals surface area contributed by atoms with Crippen LogP contribution < -0.4 is 15.5 Å². The van der Waals surface area contributed by atoms with Gasteiger partial charge in [-0.15, -0.1) is 0 Å². The molecule has 0 radical (unpaired) electrons. The van der Waals surface area contributed by atoms with Gasteiger partial charge in [-0.05, 0) is 19.3 Å².